The molecule has 0 fully saturated rings. The molecular weight excluding hydrogens is 313 g/mol. The molecule has 0 aromatic heterocycles. The van der Waals surface area contributed by atoms with E-state index < -0.39 is 0 Å². The Kier molecular flexibility index (Phi) is 6.73. The van der Waals surface area contributed by atoms with E-state index in [0.29, 0.717) is 24.2 Å². The van der Waals surface area contributed by atoms with Crippen LogP contribution in [0.2, 0.25) is 0 Å². The van der Waals surface area contributed by atoms with Crippen LogP contribution in [0.5, 0.6) is 0 Å². The van der Waals surface area contributed by atoms with Crippen molar-refractivity contribution < 1.29 is 13.9 Å². The van der Waals surface area contributed by atoms with Crippen LogP contribution in [0.15, 0.2) is 35.3 Å². The number of benzene rings is 1. The summed E-state index contributed by atoms with van der Waals surface area (Å²) in [7, 11) is 0. The van der Waals surface area contributed by atoms with E-state index in [-0.39, 0.29) is 18.3 Å². The molecule has 0 amide bonds. The van der Waals surface area contributed by atoms with Crippen LogP contribution >= 0.6 is 15.9 Å². The topological polar surface area (TPSA) is 29.5 Å². The summed E-state index contributed by atoms with van der Waals surface area (Å²) in [6.07, 6.45) is 1.70. The number of carbonyl (C=O) groups excluding carboxylic acids is 1. The van der Waals surface area contributed by atoms with Gasteiger partial charge >= 0.3 is 5.97 Å². The molecule has 0 aliphatic rings. The first-order chi connectivity index (χ1) is 9.05. The molecule has 0 atom stereocenters. The Morgan fingerprint density at radius 2 is 2.26 bits per heavy atom. The number of halogens is 2. The largest absolute Gasteiger partial charge is 0.465 e. The van der Waals surface area contributed by atoms with Crippen molar-refractivity contribution in [1.29, 1.82) is 0 Å². The lowest BCUT2D eigenvalue weighted by Crippen LogP contribution is -2.30. The van der Waals surface area contributed by atoms with Gasteiger partial charge in [0.15, 0.2) is 0 Å². The summed E-state index contributed by atoms with van der Waals surface area (Å²) in [5, 5.41) is 0. The van der Waals surface area contributed by atoms with Crippen molar-refractivity contribution in [1.82, 2.24) is 4.90 Å². The van der Waals surface area contributed by atoms with Gasteiger partial charge in [0, 0.05) is 17.6 Å². The lowest BCUT2D eigenvalue weighted by atomic mass is 10.2. The molecule has 0 N–H and O–H groups in total. The van der Waals surface area contributed by atoms with Crippen molar-refractivity contribution in [2.75, 3.05) is 19.7 Å². The lowest BCUT2D eigenvalue weighted by molar-refractivity contribution is -0.144. The van der Waals surface area contributed by atoms with Gasteiger partial charge in [-0.1, -0.05) is 22.0 Å². The predicted molar refractivity (Wildman–Crippen MR) is 76.2 cm³/mol. The number of nitrogens with zero attached hydrogens (tertiary/aromatic N) is 1. The maximum absolute atomic E-state index is 13.3. The van der Waals surface area contributed by atoms with Crippen LogP contribution in [0, 0.1) is 5.82 Å². The van der Waals surface area contributed by atoms with Crippen LogP contribution in [-0.4, -0.2) is 30.6 Å². The summed E-state index contributed by atoms with van der Waals surface area (Å²) >= 11 is 3.25. The molecule has 104 valence electrons. The molecule has 0 radical (unpaired) electrons. The number of esters is 1. The van der Waals surface area contributed by atoms with Crippen molar-refractivity contribution in [2.24, 2.45) is 0 Å². The third kappa shape index (κ3) is 5.98. The van der Waals surface area contributed by atoms with Crippen molar-refractivity contribution >= 4 is 21.9 Å². The number of rotatable bonds is 7. The quantitative estimate of drug-likeness (QED) is 0.568. The van der Waals surface area contributed by atoms with Gasteiger partial charge in [0.1, 0.15) is 5.82 Å². The number of ether oxygens (including phenoxy) is 1. The fourth-order valence-corrected chi connectivity index (χ4v) is 2.23. The van der Waals surface area contributed by atoms with Crippen molar-refractivity contribution in [3.63, 3.8) is 0 Å². The molecule has 0 spiro atoms. The summed E-state index contributed by atoms with van der Waals surface area (Å²) in [5.74, 6) is -0.598. The summed E-state index contributed by atoms with van der Waals surface area (Å²) in [4.78, 5) is 13.3. The first-order valence-electron chi connectivity index (χ1n) is 5.99. The van der Waals surface area contributed by atoms with E-state index in [2.05, 4.69) is 22.5 Å². The average molecular weight is 330 g/mol. The Hall–Kier alpha value is -1.20. The lowest BCUT2D eigenvalue weighted by Gasteiger charge is -2.19. The van der Waals surface area contributed by atoms with E-state index in [9.17, 15) is 9.18 Å². The van der Waals surface area contributed by atoms with E-state index in [1.807, 2.05) is 11.0 Å². The standard InChI is InChI=1S/C14H17BrFNO2/c1-3-5-17(10-14(18)19-4-2)9-11-6-12(15)8-13(16)7-11/h3,6-8H,1,4-5,9-10H2,2H3. The van der Waals surface area contributed by atoms with Crippen molar-refractivity contribution in [2.45, 2.75) is 13.5 Å². The molecule has 1 aromatic rings. The Bertz CT molecular complexity index is 431. The minimum absolute atomic E-state index is 0.161. The Morgan fingerprint density at radius 1 is 1.53 bits per heavy atom. The zero-order valence-corrected chi connectivity index (χ0v) is 12.5. The first-order valence-corrected chi connectivity index (χ1v) is 6.78. The van der Waals surface area contributed by atoms with Crippen LogP contribution < -0.4 is 0 Å². The van der Waals surface area contributed by atoms with Crippen molar-refractivity contribution in [3.8, 4) is 0 Å². The van der Waals surface area contributed by atoms with Gasteiger partial charge in [-0.05, 0) is 30.7 Å². The third-order valence-electron chi connectivity index (χ3n) is 2.37. The Morgan fingerprint density at radius 3 is 2.84 bits per heavy atom. The molecule has 0 saturated heterocycles. The van der Waals surface area contributed by atoms with Crippen LogP contribution in [0.3, 0.4) is 0 Å². The zero-order valence-electron chi connectivity index (χ0n) is 10.9. The Labute approximate surface area is 121 Å². The number of carbonyl (C=O) groups is 1. The van der Waals surface area contributed by atoms with E-state index in [1.54, 1.807) is 13.0 Å². The molecule has 3 nitrogen and oxygen atoms in total. The highest BCUT2D eigenvalue weighted by molar-refractivity contribution is 9.10. The highest BCUT2D eigenvalue weighted by Gasteiger charge is 2.11. The summed E-state index contributed by atoms with van der Waals surface area (Å²) in [6, 6.07) is 4.67. The second-order valence-corrected chi connectivity index (χ2v) is 4.96. The fraction of sp³-hybridized carbons (Fsp3) is 0.357. The molecule has 0 heterocycles. The van der Waals surface area contributed by atoms with Crippen molar-refractivity contribution in [3.05, 3.63) is 46.7 Å². The maximum atomic E-state index is 13.3. The van der Waals surface area contributed by atoms with Gasteiger partial charge in [-0.3, -0.25) is 9.69 Å². The highest BCUT2D eigenvalue weighted by Crippen LogP contribution is 2.16. The SMILES string of the molecule is C=CCN(CC(=O)OCC)Cc1cc(F)cc(Br)c1. The summed E-state index contributed by atoms with van der Waals surface area (Å²) < 4.78 is 18.9. The van der Waals surface area contributed by atoms with Crippen LogP contribution in [0.4, 0.5) is 4.39 Å². The van der Waals surface area contributed by atoms with Gasteiger partial charge in [-0.15, -0.1) is 6.58 Å². The van der Waals surface area contributed by atoms with Gasteiger partial charge in [0.2, 0.25) is 0 Å². The van der Waals surface area contributed by atoms with Gasteiger partial charge in [-0.2, -0.15) is 0 Å². The minimum atomic E-state index is -0.306. The molecule has 0 unspecified atom stereocenters. The fourth-order valence-electron chi connectivity index (χ4n) is 1.72. The first kappa shape index (κ1) is 15.9. The molecule has 0 aliphatic carbocycles. The molecular formula is C14H17BrFNO2. The monoisotopic (exact) mass is 329 g/mol. The van der Waals surface area contributed by atoms with Gasteiger partial charge in [-0.25, -0.2) is 4.39 Å². The maximum Gasteiger partial charge on any atom is 0.320 e. The number of hydrogen-bond acceptors (Lipinski definition) is 3. The van der Waals surface area contributed by atoms with Gasteiger partial charge in [0.05, 0.1) is 13.2 Å². The van der Waals surface area contributed by atoms with Gasteiger partial charge in [0.25, 0.3) is 0 Å². The molecule has 0 aliphatic heterocycles. The van der Waals surface area contributed by atoms with Crippen LogP contribution in [0.1, 0.15) is 12.5 Å². The second kappa shape index (κ2) is 8.07. The molecule has 1 aromatic carbocycles. The molecule has 1 rings (SSSR count). The Balaban J connectivity index is 2.71. The normalized spacial score (nSPS) is 10.5. The molecule has 0 saturated carbocycles. The number of hydrogen-bond donors (Lipinski definition) is 0. The zero-order chi connectivity index (χ0) is 14.3. The van der Waals surface area contributed by atoms with E-state index in [1.165, 1.54) is 12.1 Å². The minimum Gasteiger partial charge on any atom is -0.465 e. The molecule has 19 heavy (non-hydrogen) atoms. The smallest absolute Gasteiger partial charge is 0.320 e. The molecule has 5 heteroatoms. The van der Waals surface area contributed by atoms with E-state index in [4.69, 9.17) is 4.74 Å². The summed E-state index contributed by atoms with van der Waals surface area (Å²) in [6.45, 7) is 6.93. The van der Waals surface area contributed by atoms with E-state index in [0.717, 1.165) is 5.56 Å². The average Bonchev–Trinajstić information content (AvgIpc) is 2.27. The van der Waals surface area contributed by atoms with Crippen LogP contribution in [-0.2, 0) is 16.1 Å². The van der Waals surface area contributed by atoms with E-state index >= 15 is 0 Å². The second-order valence-electron chi connectivity index (χ2n) is 4.04. The van der Waals surface area contributed by atoms with Gasteiger partial charge < -0.3 is 4.74 Å². The summed E-state index contributed by atoms with van der Waals surface area (Å²) in [5.41, 5.74) is 0.790. The highest BCUT2D eigenvalue weighted by atomic mass is 79.9. The predicted octanol–water partition coefficient (Wildman–Crippen LogP) is 3.14. The third-order valence-corrected chi connectivity index (χ3v) is 2.83. The molecule has 0 bridgehead atoms. The van der Waals surface area contributed by atoms with Crippen LogP contribution in [0.25, 0.3) is 0 Å².